The smallest absolute Gasteiger partial charge is 0.303 e. The Labute approximate surface area is 228 Å². The van der Waals surface area contributed by atoms with E-state index in [2.05, 4.69) is 39.0 Å². The third-order valence-corrected chi connectivity index (χ3v) is 7.36. The molecule has 0 amide bonds. The van der Waals surface area contributed by atoms with Crippen molar-refractivity contribution in [3.63, 3.8) is 0 Å². The van der Waals surface area contributed by atoms with E-state index in [1.807, 2.05) is 13.8 Å². The number of carbonyl (C=O) groups excluding carboxylic acids is 2. The van der Waals surface area contributed by atoms with E-state index in [9.17, 15) is 19.8 Å². The number of hydrogen-bond donors (Lipinski definition) is 2. The molecular weight excluding hydrogens is 488 g/mol. The third-order valence-electron chi connectivity index (χ3n) is 7.36. The first-order valence-corrected chi connectivity index (χ1v) is 13.8. The highest BCUT2D eigenvalue weighted by atomic mass is 16.7. The molecule has 0 aromatic carbocycles. The van der Waals surface area contributed by atoms with Gasteiger partial charge in [0.25, 0.3) is 0 Å². The Kier molecular flexibility index (Phi) is 12.7. The zero-order valence-corrected chi connectivity index (χ0v) is 24.2. The second-order valence-corrected chi connectivity index (χ2v) is 11.4. The molecular formula is C30H48O8. The third kappa shape index (κ3) is 10.6. The second kappa shape index (κ2) is 15.0. The van der Waals surface area contributed by atoms with Crippen LogP contribution in [0.2, 0.25) is 0 Å². The second-order valence-electron chi connectivity index (χ2n) is 11.4. The Morgan fingerprint density at radius 2 is 1.74 bits per heavy atom. The average molecular weight is 537 g/mol. The molecule has 216 valence electrons. The van der Waals surface area contributed by atoms with Crippen LogP contribution in [-0.4, -0.2) is 65.1 Å². The van der Waals surface area contributed by atoms with Crippen LogP contribution in [0.3, 0.4) is 0 Å². The van der Waals surface area contributed by atoms with E-state index in [0.29, 0.717) is 12.3 Å². The minimum Gasteiger partial charge on any atom is -0.463 e. The predicted molar refractivity (Wildman–Crippen MR) is 145 cm³/mol. The van der Waals surface area contributed by atoms with Crippen LogP contribution in [0, 0.1) is 5.92 Å². The summed E-state index contributed by atoms with van der Waals surface area (Å²) in [6.07, 6.45) is 7.72. The van der Waals surface area contributed by atoms with Crippen molar-refractivity contribution < 1.29 is 38.7 Å². The number of rotatable bonds is 9. The van der Waals surface area contributed by atoms with Gasteiger partial charge >= 0.3 is 11.9 Å². The van der Waals surface area contributed by atoms with Gasteiger partial charge in [-0.3, -0.25) is 9.59 Å². The molecule has 0 saturated carbocycles. The van der Waals surface area contributed by atoms with E-state index in [-0.39, 0.29) is 6.61 Å². The quantitative estimate of drug-likeness (QED) is 0.315. The van der Waals surface area contributed by atoms with Gasteiger partial charge < -0.3 is 29.2 Å². The molecule has 1 heterocycles. The van der Waals surface area contributed by atoms with Crippen molar-refractivity contribution in [2.45, 2.75) is 130 Å². The number of allylic oxidation sites excluding steroid dienone is 6. The molecule has 2 rings (SSSR count). The SMILES string of the molecule is CC(=O)OC[C@H]1O[C@@H](OC(C)(C)CC/C=C(\C)[C@@H]2C/C=C(\C)CC/C=C(\C)CC2)[C@H](O)[C@@H](OC(C)=O)[C@H]1O. The van der Waals surface area contributed by atoms with Gasteiger partial charge in [-0.05, 0) is 85.5 Å². The Morgan fingerprint density at radius 3 is 2.39 bits per heavy atom. The average Bonchev–Trinajstić information content (AvgIpc) is 2.82. The Bertz CT molecular complexity index is 887. The fourth-order valence-electron chi connectivity index (χ4n) is 4.88. The van der Waals surface area contributed by atoms with E-state index in [4.69, 9.17) is 18.9 Å². The predicted octanol–water partition coefficient (Wildman–Crippen LogP) is 4.92. The number of esters is 2. The van der Waals surface area contributed by atoms with Gasteiger partial charge in [-0.2, -0.15) is 0 Å². The van der Waals surface area contributed by atoms with Gasteiger partial charge in [-0.25, -0.2) is 0 Å². The Morgan fingerprint density at radius 1 is 1.05 bits per heavy atom. The maximum Gasteiger partial charge on any atom is 0.303 e. The molecule has 1 aliphatic heterocycles. The summed E-state index contributed by atoms with van der Waals surface area (Å²) in [6, 6.07) is 0. The highest BCUT2D eigenvalue weighted by Gasteiger charge is 2.48. The van der Waals surface area contributed by atoms with Gasteiger partial charge in [0.15, 0.2) is 12.4 Å². The van der Waals surface area contributed by atoms with Gasteiger partial charge in [0.1, 0.15) is 24.9 Å². The number of aliphatic hydroxyl groups is 2. The van der Waals surface area contributed by atoms with Gasteiger partial charge in [-0.1, -0.05) is 34.9 Å². The van der Waals surface area contributed by atoms with Crippen molar-refractivity contribution in [1.82, 2.24) is 0 Å². The maximum atomic E-state index is 11.6. The van der Waals surface area contributed by atoms with Gasteiger partial charge in [0.2, 0.25) is 0 Å². The molecule has 0 spiro atoms. The van der Waals surface area contributed by atoms with Crippen molar-refractivity contribution in [3.05, 3.63) is 34.9 Å². The Balaban J connectivity index is 2.04. The largest absolute Gasteiger partial charge is 0.463 e. The van der Waals surface area contributed by atoms with Crippen molar-refractivity contribution in [1.29, 1.82) is 0 Å². The van der Waals surface area contributed by atoms with Crippen LogP contribution < -0.4 is 0 Å². The van der Waals surface area contributed by atoms with E-state index >= 15 is 0 Å². The summed E-state index contributed by atoms with van der Waals surface area (Å²) in [7, 11) is 0. The molecule has 8 heteroatoms. The first kappa shape index (κ1) is 32.2. The summed E-state index contributed by atoms with van der Waals surface area (Å²) in [5.74, 6) is -0.703. The van der Waals surface area contributed by atoms with Gasteiger partial charge in [0.05, 0.1) is 5.60 Å². The Hall–Kier alpha value is -2.00. The van der Waals surface area contributed by atoms with Crippen LogP contribution >= 0.6 is 0 Å². The zero-order chi connectivity index (χ0) is 28.5. The lowest BCUT2D eigenvalue weighted by Crippen LogP contribution is -2.61. The van der Waals surface area contributed by atoms with E-state index in [1.165, 1.54) is 30.6 Å². The molecule has 1 aliphatic carbocycles. The number of hydrogen-bond acceptors (Lipinski definition) is 8. The number of carbonyl (C=O) groups is 2. The lowest BCUT2D eigenvalue weighted by Gasteiger charge is -2.44. The topological polar surface area (TPSA) is 112 Å². The lowest BCUT2D eigenvalue weighted by molar-refractivity contribution is -0.325. The van der Waals surface area contributed by atoms with Gasteiger partial charge in [-0.15, -0.1) is 0 Å². The normalized spacial score (nSPS) is 32.4. The lowest BCUT2D eigenvalue weighted by atomic mass is 9.87. The van der Waals surface area contributed by atoms with Crippen LogP contribution in [0.1, 0.15) is 93.4 Å². The van der Waals surface area contributed by atoms with Crippen LogP contribution in [0.4, 0.5) is 0 Å². The molecule has 0 unspecified atom stereocenters. The molecule has 0 aromatic heterocycles. The van der Waals surface area contributed by atoms with Crippen LogP contribution in [0.5, 0.6) is 0 Å². The monoisotopic (exact) mass is 536 g/mol. The molecule has 6 atom stereocenters. The van der Waals surface area contributed by atoms with Crippen LogP contribution in [0.15, 0.2) is 34.9 Å². The summed E-state index contributed by atoms with van der Waals surface area (Å²) in [4.78, 5) is 22.9. The van der Waals surface area contributed by atoms with Crippen molar-refractivity contribution in [2.75, 3.05) is 6.61 Å². The molecule has 2 N–H and O–H groups in total. The summed E-state index contributed by atoms with van der Waals surface area (Å²) in [6.45, 7) is 12.6. The van der Waals surface area contributed by atoms with Crippen LogP contribution in [-0.2, 0) is 28.5 Å². The fourth-order valence-corrected chi connectivity index (χ4v) is 4.88. The molecule has 0 bridgehead atoms. The molecule has 2 aliphatic rings. The van der Waals surface area contributed by atoms with Crippen molar-refractivity contribution in [3.8, 4) is 0 Å². The minimum atomic E-state index is -1.41. The van der Waals surface area contributed by atoms with E-state index in [0.717, 1.165) is 38.5 Å². The van der Waals surface area contributed by atoms with Crippen molar-refractivity contribution >= 4 is 11.9 Å². The van der Waals surface area contributed by atoms with Crippen LogP contribution in [0.25, 0.3) is 0 Å². The first-order valence-electron chi connectivity index (χ1n) is 13.8. The molecule has 0 radical (unpaired) electrons. The standard InChI is InChI=1S/C30H48O8/c1-19-10-8-11-20(2)14-16-24(15-13-19)21(3)12-9-17-30(6,7)38-29-27(34)28(36-23(5)32)26(33)25(37-29)18-35-22(4)31/h10,12,14,24-29,33-34H,8-9,11,13,15-18H2,1-7H3/b19-10+,20-14+,21-12+/t24-,25+,26-,27+,28-,29-/m0/s1. The molecule has 1 saturated heterocycles. The zero-order valence-electron chi connectivity index (χ0n) is 24.2. The molecule has 38 heavy (non-hydrogen) atoms. The van der Waals surface area contributed by atoms with Gasteiger partial charge in [0, 0.05) is 13.8 Å². The summed E-state index contributed by atoms with van der Waals surface area (Å²) in [5, 5.41) is 21.4. The highest BCUT2D eigenvalue weighted by Crippen LogP contribution is 2.31. The highest BCUT2D eigenvalue weighted by molar-refractivity contribution is 5.66. The summed E-state index contributed by atoms with van der Waals surface area (Å²) in [5.41, 5.74) is 3.58. The maximum absolute atomic E-state index is 11.6. The first-order chi connectivity index (χ1) is 17.8. The van der Waals surface area contributed by atoms with Crippen molar-refractivity contribution in [2.24, 2.45) is 5.92 Å². The summed E-state index contributed by atoms with van der Waals surface area (Å²) >= 11 is 0. The fraction of sp³-hybridized carbons (Fsp3) is 0.733. The summed E-state index contributed by atoms with van der Waals surface area (Å²) < 4.78 is 22.1. The number of ether oxygens (including phenoxy) is 4. The molecule has 8 nitrogen and oxygen atoms in total. The molecule has 0 aromatic rings. The minimum absolute atomic E-state index is 0.257. The van der Waals surface area contributed by atoms with E-state index < -0.39 is 48.2 Å². The van der Waals surface area contributed by atoms with E-state index in [1.54, 1.807) is 0 Å². The molecule has 1 fully saturated rings. The number of aliphatic hydroxyl groups excluding tert-OH is 2.